The zero-order valence-electron chi connectivity index (χ0n) is 16.2. The summed E-state index contributed by atoms with van der Waals surface area (Å²) in [6.45, 7) is 0.403. The quantitative estimate of drug-likeness (QED) is 0.482. The van der Waals surface area contributed by atoms with Gasteiger partial charge in [-0.1, -0.05) is 24.3 Å². The fourth-order valence-electron chi connectivity index (χ4n) is 3.19. The summed E-state index contributed by atoms with van der Waals surface area (Å²) < 4.78 is 6.86. The highest BCUT2D eigenvalue weighted by Crippen LogP contribution is 2.13. The lowest BCUT2D eigenvalue weighted by Crippen LogP contribution is -2.23. The van der Waals surface area contributed by atoms with E-state index in [1.807, 2.05) is 36.4 Å². The highest BCUT2D eigenvalue weighted by Gasteiger charge is 2.09. The van der Waals surface area contributed by atoms with Crippen LogP contribution in [0.5, 0.6) is 5.75 Å². The molecule has 0 saturated heterocycles. The number of para-hydroxylation sites is 1. The Bertz CT molecular complexity index is 1320. The molecular weight excluding hydrogens is 398 g/mol. The van der Waals surface area contributed by atoms with Crippen molar-refractivity contribution < 1.29 is 9.53 Å². The number of benzene rings is 3. The average Bonchev–Trinajstić information content (AvgIpc) is 2.78. The predicted octanol–water partition coefficient (Wildman–Crippen LogP) is 3.99. The Kier molecular flexibility index (Phi) is 5.45. The van der Waals surface area contributed by atoms with Gasteiger partial charge in [0.05, 0.1) is 23.7 Å². The van der Waals surface area contributed by atoms with Crippen LogP contribution in [0.25, 0.3) is 16.6 Å². The van der Waals surface area contributed by atoms with E-state index in [1.165, 1.54) is 4.57 Å². The van der Waals surface area contributed by atoms with Gasteiger partial charge in [-0.3, -0.25) is 14.2 Å². The molecule has 0 aliphatic carbocycles. The summed E-state index contributed by atoms with van der Waals surface area (Å²) >= 11 is 5.37. The first-order chi connectivity index (χ1) is 14.6. The highest BCUT2D eigenvalue weighted by atomic mass is 32.1. The molecule has 6 nitrogen and oxygen atoms in total. The van der Waals surface area contributed by atoms with Crippen molar-refractivity contribution in [3.63, 3.8) is 0 Å². The molecule has 1 amide bonds. The summed E-state index contributed by atoms with van der Waals surface area (Å²) in [5.74, 6) is 0.566. The first-order valence-electron chi connectivity index (χ1n) is 9.32. The van der Waals surface area contributed by atoms with Crippen LogP contribution >= 0.6 is 12.2 Å². The largest absolute Gasteiger partial charge is 0.497 e. The van der Waals surface area contributed by atoms with E-state index >= 15 is 0 Å². The van der Waals surface area contributed by atoms with Gasteiger partial charge >= 0.3 is 0 Å². The standard InChI is InChI=1S/C23H19N3O3S/c1-29-18-12-6-15(7-13-18)14-24-21(27)16-8-10-17(11-9-16)26-22(28)19-4-2-3-5-20(19)25-23(26)30/h2-13H,14H2,1H3,(H,24,27)(H,25,30). The second-order valence-electron chi connectivity index (χ2n) is 6.69. The maximum Gasteiger partial charge on any atom is 0.266 e. The van der Waals surface area contributed by atoms with Crippen LogP contribution < -0.4 is 15.6 Å². The van der Waals surface area contributed by atoms with Crippen LogP contribution in [-0.2, 0) is 6.54 Å². The molecule has 0 saturated carbocycles. The number of fused-ring (bicyclic) bond motifs is 1. The van der Waals surface area contributed by atoms with Gasteiger partial charge in [0, 0.05) is 12.1 Å². The molecule has 30 heavy (non-hydrogen) atoms. The van der Waals surface area contributed by atoms with Crippen LogP contribution in [0.15, 0.2) is 77.6 Å². The summed E-state index contributed by atoms with van der Waals surface area (Å²) in [6.07, 6.45) is 0. The third kappa shape index (κ3) is 3.88. The Morgan fingerprint density at radius 2 is 1.73 bits per heavy atom. The van der Waals surface area contributed by atoms with Crippen molar-refractivity contribution in [3.05, 3.63) is 99.0 Å². The van der Waals surface area contributed by atoms with Crippen molar-refractivity contribution in [2.24, 2.45) is 0 Å². The number of carbonyl (C=O) groups is 1. The monoisotopic (exact) mass is 417 g/mol. The van der Waals surface area contributed by atoms with Gasteiger partial charge < -0.3 is 15.0 Å². The maximum absolute atomic E-state index is 12.9. The second kappa shape index (κ2) is 8.34. The molecule has 0 bridgehead atoms. The molecule has 3 aromatic carbocycles. The minimum absolute atomic E-state index is 0.201. The van der Waals surface area contributed by atoms with Crippen molar-refractivity contribution in [1.29, 1.82) is 0 Å². The first kappa shape index (κ1) is 19.6. The summed E-state index contributed by atoms with van der Waals surface area (Å²) in [6, 6.07) is 21.5. The van der Waals surface area contributed by atoms with Crippen molar-refractivity contribution in [1.82, 2.24) is 14.9 Å². The van der Waals surface area contributed by atoms with Gasteiger partial charge in [-0.2, -0.15) is 0 Å². The maximum atomic E-state index is 12.9. The van der Waals surface area contributed by atoms with Crippen LogP contribution in [0.1, 0.15) is 15.9 Å². The van der Waals surface area contributed by atoms with Crippen LogP contribution in [0, 0.1) is 4.77 Å². The normalized spacial score (nSPS) is 10.7. The first-order valence-corrected chi connectivity index (χ1v) is 9.73. The minimum Gasteiger partial charge on any atom is -0.497 e. The van der Waals surface area contributed by atoms with E-state index in [0.29, 0.717) is 33.5 Å². The van der Waals surface area contributed by atoms with Gasteiger partial charge in [-0.15, -0.1) is 0 Å². The number of H-pyrrole nitrogens is 1. The van der Waals surface area contributed by atoms with E-state index in [0.717, 1.165) is 11.3 Å². The van der Waals surface area contributed by atoms with Crippen molar-refractivity contribution >= 4 is 29.0 Å². The number of hydrogen-bond acceptors (Lipinski definition) is 4. The van der Waals surface area contributed by atoms with Crippen LogP contribution in [0.3, 0.4) is 0 Å². The number of ether oxygens (including phenoxy) is 1. The molecule has 0 aliphatic rings. The number of hydrogen-bond donors (Lipinski definition) is 2. The highest BCUT2D eigenvalue weighted by molar-refractivity contribution is 7.71. The van der Waals surface area contributed by atoms with E-state index in [-0.39, 0.29) is 11.5 Å². The lowest BCUT2D eigenvalue weighted by Gasteiger charge is -2.10. The Balaban J connectivity index is 1.54. The molecule has 1 aromatic heterocycles. The molecule has 2 N–H and O–H groups in total. The smallest absolute Gasteiger partial charge is 0.266 e. The molecule has 0 atom stereocenters. The van der Waals surface area contributed by atoms with Gasteiger partial charge in [0.25, 0.3) is 11.5 Å². The molecule has 0 unspecified atom stereocenters. The fraction of sp³-hybridized carbons (Fsp3) is 0.0870. The third-order valence-electron chi connectivity index (χ3n) is 4.81. The second-order valence-corrected chi connectivity index (χ2v) is 7.08. The van der Waals surface area contributed by atoms with E-state index in [9.17, 15) is 9.59 Å². The number of methoxy groups -OCH3 is 1. The van der Waals surface area contributed by atoms with E-state index in [2.05, 4.69) is 10.3 Å². The van der Waals surface area contributed by atoms with Crippen LogP contribution in [-0.4, -0.2) is 22.6 Å². The SMILES string of the molecule is COc1ccc(CNC(=O)c2ccc(-n3c(=S)[nH]c4ccccc4c3=O)cc2)cc1. The van der Waals surface area contributed by atoms with E-state index < -0.39 is 0 Å². The topological polar surface area (TPSA) is 76.1 Å². The number of nitrogens with one attached hydrogen (secondary N) is 2. The number of nitrogens with zero attached hydrogens (tertiary/aromatic N) is 1. The predicted molar refractivity (Wildman–Crippen MR) is 119 cm³/mol. The summed E-state index contributed by atoms with van der Waals surface area (Å²) in [5.41, 5.74) is 2.55. The number of aromatic amines is 1. The number of amides is 1. The van der Waals surface area contributed by atoms with Crippen LogP contribution in [0.2, 0.25) is 0 Å². The molecule has 0 spiro atoms. The van der Waals surface area contributed by atoms with E-state index in [1.54, 1.807) is 43.5 Å². The zero-order chi connectivity index (χ0) is 21.1. The molecule has 0 radical (unpaired) electrons. The van der Waals surface area contributed by atoms with Gasteiger partial charge in [-0.25, -0.2) is 0 Å². The molecule has 4 rings (SSSR count). The van der Waals surface area contributed by atoms with Crippen LogP contribution in [0.4, 0.5) is 0 Å². The average molecular weight is 417 g/mol. The molecule has 0 fully saturated rings. The summed E-state index contributed by atoms with van der Waals surface area (Å²) in [4.78, 5) is 28.4. The Morgan fingerprint density at radius 1 is 1.03 bits per heavy atom. The number of rotatable bonds is 5. The molecule has 7 heteroatoms. The van der Waals surface area contributed by atoms with Crippen molar-refractivity contribution in [3.8, 4) is 11.4 Å². The molecular formula is C23H19N3O3S. The Hall–Kier alpha value is -3.71. The summed E-state index contributed by atoms with van der Waals surface area (Å²) in [7, 11) is 1.61. The molecule has 0 aliphatic heterocycles. The van der Waals surface area contributed by atoms with E-state index in [4.69, 9.17) is 17.0 Å². The summed E-state index contributed by atoms with van der Waals surface area (Å²) in [5, 5.41) is 3.43. The Labute approximate surface area is 177 Å². The minimum atomic E-state index is -0.203. The fourth-order valence-corrected chi connectivity index (χ4v) is 3.48. The molecule has 4 aromatic rings. The third-order valence-corrected chi connectivity index (χ3v) is 5.09. The number of carbonyl (C=O) groups excluding carboxylic acids is 1. The van der Waals surface area contributed by atoms with Gasteiger partial charge in [0.2, 0.25) is 0 Å². The van der Waals surface area contributed by atoms with Crippen molar-refractivity contribution in [2.75, 3.05) is 7.11 Å². The zero-order valence-corrected chi connectivity index (χ0v) is 17.0. The lowest BCUT2D eigenvalue weighted by atomic mass is 10.1. The molecule has 150 valence electrons. The Morgan fingerprint density at radius 3 is 2.43 bits per heavy atom. The van der Waals surface area contributed by atoms with Gasteiger partial charge in [-0.05, 0) is 66.3 Å². The van der Waals surface area contributed by atoms with Crippen molar-refractivity contribution in [2.45, 2.75) is 6.54 Å². The van der Waals surface area contributed by atoms with Gasteiger partial charge in [0.15, 0.2) is 4.77 Å². The number of aromatic nitrogens is 2. The molecule has 1 heterocycles. The van der Waals surface area contributed by atoms with Gasteiger partial charge in [0.1, 0.15) is 5.75 Å². The lowest BCUT2D eigenvalue weighted by molar-refractivity contribution is 0.0951.